The Kier molecular flexibility index (Phi) is 6.42. The summed E-state index contributed by atoms with van der Waals surface area (Å²) in [5.41, 5.74) is 5.05. The van der Waals surface area contributed by atoms with Gasteiger partial charge in [0.1, 0.15) is 6.54 Å². The number of hydrogen-bond acceptors (Lipinski definition) is 1. The van der Waals surface area contributed by atoms with Gasteiger partial charge in [-0.2, -0.15) is 0 Å². The summed E-state index contributed by atoms with van der Waals surface area (Å²) >= 11 is 5.45. The molecule has 0 spiro atoms. The van der Waals surface area contributed by atoms with Crippen molar-refractivity contribution in [3.8, 4) is 0 Å². The Morgan fingerprint density at radius 1 is 0.960 bits per heavy atom. The Morgan fingerprint density at radius 3 is 2.36 bits per heavy atom. The third-order valence-corrected chi connectivity index (χ3v) is 5.11. The van der Waals surface area contributed by atoms with Crippen molar-refractivity contribution in [2.24, 2.45) is 0 Å². The molecule has 0 bridgehead atoms. The highest BCUT2D eigenvalue weighted by atomic mass is 32.1. The monoisotopic (exact) mass is 354 g/mol. The fourth-order valence-corrected chi connectivity index (χ4v) is 3.58. The minimum atomic E-state index is 0.670. The molecule has 1 heterocycles. The average molecular weight is 355 g/mol. The second kappa shape index (κ2) is 8.97. The molecule has 2 aromatic carbocycles. The van der Waals surface area contributed by atoms with E-state index in [0.717, 1.165) is 18.8 Å². The molecular weight excluding hydrogens is 326 g/mol. The van der Waals surface area contributed by atoms with Gasteiger partial charge in [-0.3, -0.25) is 0 Å². The molecule has 0 aromatic heterocycles. The molecule has 0 radical (unpaired) electrons. The highest BCUT2D eigenvalue weighted by Crippen LogP contribution is 2.10. The molecule has 0 saturated carbocycles. The molecular formula is C21H28N3S+. The van der Waals surface area contributed by atoms with Crippen molar-refractivity contribution in [3.05, 3.63) is 65.2 Å². The fourth-order valence-electron chi connectivity index (χ4n) is 3.39. The molecule has 3 N–H and O–H groups in total. The maximum Gasteiger partial charge on any atom is 0.171 e. The molecule has 1 fully saturated rings. The maximum atomic E-state index is 5.45. The average Bonchev–Trinajstić information content (AvgIpc) is 2.64. The third-order valence-electron chi connectivity index (χ3n) is 4.87. The molecule has 3 rings (SSSR count). The zero-order valence-corrected chi connectivity index (χ0v) is 15.8. The lowest BCUT2D eigenvalue weighted by molar-refractivity contribution is -0.918. The Labute approximate surface area is 156 Å². The summed E-state index contributed by atoms with van der Waals surface area (Å²) in [5, 5.41) is 7.28. The van der Waals surface area contributed by atoms with E-state index in [4.69, 9.17) is 12.2 Å². The Bertz CT molecular complexity index is 691. The van der Waals surface area contributed by atoms with Gasteiger partial charge in [-0.25, -0.2) is 0 Å². The van der Waals surface area contributed by atoms with Crippen LogP contribution >= 0.6 is 12.2 Å². The van der Waals surface area contributed by atoms with Crippen LogP contribution in [0, 0.1) is 6.92 Å². The quantitative estimate of drug-likeness (QED) is 0.721. The van der Waals surface area contributed by atoms with Crippen LogP contribution < -0.4 is 15.5 Å². The zero-order valence-electron chi connectivity index (χ0n) is 15.0. The number of hydrogen-bond donors (Lipinski definition) is 3. The topological polar surface area (TPSA) is 28.5 Å². The number of nitrogens with one attached hydrogen (secondary N) is 3. The molecule has 0 aliphatic carbocycles. The molecule has 4 heteroatoms. The van der Waals surface area contributed by atoms with E-state index in [-0.39, 0.29) is 0 Å². The zero-order chi connectivity index (χ0) is 17.5. The number of benzene rings is 2. The lowest BCUT2D eigenvalue weighted by atomic mass is 10.0. The van der Waals surface area contributed by atoms with Crippen LogP contribution in [0.4, 0.5) is 5.69 Å². The van der Waals surface area contributed by atoms with E-state index in [1.165, 1.54) is 49.0 Å². The Balaban J connectivity index is 1.55. The first-order chi connectivity index (χ1) is 12.2. The second-order valence-corrected chi connectivity index (χ2v) is 7.34. The number of rotatable bonds is 5. The summed E-state index contributed by atoms with van der Waals surface area (Å²) < 4.78 is 0. The second-order valence-electron chi connectivity index (χ2n) is 6.93. The van der Waals surface area contributed by atoms with Crippen LogP contribution in [-0.2, 0) is 13.1 Å². The van der Waals surface area contributed by atoms with Crippen molar-refractivity contribution in [3.63, 3.8) is 0 Å². The molecule has 2 aromatic rings. The maximum absolute atomic E-state index is 5.45. The van der Waals surface area contributed by atoms with Crippen molar-refractivity contribution in [1.29, 1.82) is 0 Å². The first-order valence-corrected chi connectivity index (χ1v) is 9.63. The van der Waals surface area contributed by atoms with Crippen LogP contribution in [0.5, 0.6) is 0 Å². The van der Waals surface area contributed by atoms with Crippen molar-refractivity contribution in [2.45, 2.75) is 39.3 Å². The van der Waals surface area contributed by atoms with Crippen molar-refractivity contribution < 1.29 is 4.90 Å². The lowest BCUT2D eigenvalue weighted by Gasteiger charge is -2.24. The van der Waals surface area contributed by atoms with Crippen molar-refractivity contribution in [1.82, 2.24) is 5.32 Å². The number of piperidine rings is 1. The molecule has 0 amide bonds. The lowest BCUT2D eigenvalue weighted by Crippen LogP contribution is -3.11. The Morgan fingerprint density at radius 2 is 1.64 bits per heavy atom. The van der Waals surface area contributed by atoms with Gasteiger partial charge in [0.2, 0.25) is 0 Å². The van der Waals surface area contributed by atoms with Gasteiger partial charge in [0.15, 0.2) is 5.11 Å². The number of anilines is 1. The fraction of sp³-hybridized carbons (Fsp3) is 0.381. The predicted molar refractivity (Wildman–Crippen MR) is 109 cm³/mol. The van der Waals surface area contributed by atoms with Gasteiger partial charge in [-0.05, 0) is 56.1 Å². The van der Waals surface area contributed by atoms with Crippen molar-refractivity contribution >= 4 is 23.0 Å². The number of likely N-dealkylation sites (tertiary alicyclic amines) is 1. The van der Waals surface area contributed by atoms with E-state index in [1.54, 1.807) is 4.90 Å². The minimum Gasteiger partial charge on any atom is -0.358 e. The van der Waals surface area contributed by atoms with E-state index >= 15 is 0 Å². The number of aryl methyl sites for hydroxylation is 1. The first-order valence-electron chi connectivity index (χ1n) is 9.22. The van der Waals surface area contributed by atoms with Crippen LogP contribution in [0.15, 0.2) is 48.5 Å². The predicted octanol–water partition coefficient (Wildman–Crippen LogP) is 3.05. The third kappa shape index (κ3) is 5.55. The van der Waals surface area contributed by atoms with Gasteiger partial charge in [0, 0.05) is 17.8 Å². The van der Waals surface area contributed by atoms with E-state index in [0.29, 0.717) is 5.11 Å². The molecule has 132 valence electrons. The molecule has 0 unspecified atom stereocenters. The highest BCUT2D eigenvalue weighted by molar-refractivity contribution is 7.80. The van der Waals surface area contributed by atoms with Gasteiger partial charge in [-0.15, -0.1) is 0 Å². The smallest absolute Gasteiger partial charge is 0.171 e. The minimum absolute atomic E-state index is 0.670. The van der Waals surface area contributed by atoms with Crippen LogP contribution in [0.1, 0.15) is 36.0 Å². The normalized spacial score (nSPS) is 14.9. The summed E-state index contributed by atoms with van der Waals surface area (Å²) in [5.74, 6) is 0. The molecule has 0 atom stereocenters. The largest absolute Gasteiger partial charge is 0.358 e. The molecule has 1 aliphatic rings. The van der Waals surface area contributed by atoms with Gasteiger partial charge in [0.05, 0.1) is 13.1 Å². The molecule has 1 aliphatic heterocycles. The summed E-state index contributed by atoms with van der Waals surface area (Å²) in [6.45, 7) is 6.57. The molecule has 1 saturated heterocycles. The first kappa shape index (κ1) is 17.9. The number of quaternary nitrogens is 1. The van der Waals surface area contributed by atoms with Gasteiger partial charge in [-0.1, -0.05) is 42.0 Å². The van der Waals surface area contributed by atoms with Crippen LogP contribution in [0.25, 0.3) is 0 Å². The van der Waals surface area contributed by atoms with Crippen LogP contribution in [0.3, 0.4) is 0 Å². The Hall–Kier alpha value is -1.91. The van der Waals surface area contributed by atoms with Crippen LogP contribution in [-0.4, -0.2) is 18.2 Å². The number of thiocarbonyl (C=S) groups is 1. The summed E-state index contributed by atoms with van der Waals surface area (Å²) in [4.78, 5) is 1.71. The van der Waals surface area contributed by atoms with E-state index in [1.807, 2.05) is 0 Å². The summed E-state index contributed by atoms with van der Waals surface area (Å²) in [6.07, 6.45) is 4.12. The van der Waals surface area contributed by atoms with E-state index in [9.17, 15) is 0 Å². The molecule has 3 nitrogen and oxygen atoms in total. The van der Waals surface area contributed by atoms with Gasteiger partial charge < -0.3 is 15.5 Å². The molecule has 25 heavy (non-hydrogen) atoms. The van der Waals surface area contributed by atoms with E-state index in [2.05, 4.69) is 66.1 Å². The SMILES string of the molecule is Cc1ccc(NC(=S)NCc2ccccc2C[NH+]2CCCCC2)cc1. The summed E-state index contributed by atoms with van der Waals surface area (Å²) in [6, 6.07) is 17.0. The highest BCUT2D eigenvalue weighted by Gasteiger charge is 2.15. The standard InChI is InChI=1S/C21H27N3S/c1-17-9-11-20(12-10-17)23-21(25)22-15-18-7-3-4-8-19(18)16-24-13-5-2-6-14-24/h3-4,7-12H,2,5-6,13-16H2,1H3,(H2,22,23,25)/p+1. The van der Waals surface area contributed by atoms with Crippen molar-refractivity contribution in [2.75, 3.05) is 18.4 Å². The summed E-state index contributed by atoms with van der Waals surface area (Å²) in [7, 11) is 0. The van der Waals surface area contributed by atoms with Gasteiger partial charge >= 0.3 is 0 Å². The van der Waals surface area contributed by atoms with E-state index < -0.39 is 0 Å². The van der Waals surface area contributed by atoms with Crippen LogP contribution in [0.2, 0.25) is 0 Å². The van der Waals surface area contributed by atoms with Gasteiger partial charge in [0.25, 0.3) is 0 Å².